The Kier molecular flexibility index (Phi) is 5.95. The van der Waals surface area contributed by atoms with Crippen molar-refractivity contribution in [2.24, 2.45) is 0 Å². The summed E-state index contributed by atoms with van der Waals surface area (Å²) in [6.45, 7) is 4.38. The third-order valence-corrected chi connectivity index (χ3v) is 6.96. The number of halogens is 1. The molecule has 0 radical (unpaired) electrons. The molecule has 25 heavy (non-hydrogen) atoms. The largest absolute Gasteiger partial charge is 0.342 e. The number of hydrogen-bond acceptors (Lipinski definition) is 3. The molecule has 2 fully saturated rings. The third kappa shape index (κ3) is 3.98. The Morgan fingerprint density at radius 3 is 2.48 bits per heavy atom. The minimum atomic E-state index is -0.155. The van der Waals surface area contributed by atoms with E-state index < -0.39 is 0 Å². The van der Waals surface area contributed by atoms with Crippen LogP contribution in [0, 0.1) is 0 Å². The second-order valence-electron chi connectivity index (χ2n) is 6.74. The molecule has 3 rings (SSSR count). The van der Waals surface area contributed by atoms with Gasteiger partial charge in [-0.3, -0.25) is 9.59 Å². The summed E-state index contributed by atoms with van der Waals surface area (Å²) >= 11 is 7.81. The van der Waals surface area contributed by atoms with Gasteiger partial charge in [0.15, 0.2) is 0 Å². The average Bonchev–Trinajstić information content (AvgIpc) is 3.03. The van der Waals surface area contributed by atoms with Gasteiger partial charge >= 0.3 is 0 Å². The van der Waals surface area contributed by atoms with Crippen molar-refractivity contribution in [3.05, 3.63) is 34.9 Å². The van der Waals surface area contributed by atoms with Crippen molar-refractivity contribution in [3.63, 3.8) is 0 Å². The molecule has 6 heteroatoms. The van der Waals surface area contributed by atoms with Crippen molar-refractivity contribution in [3.8, 4) is 0 Å². The molecule has 0 unspecified atom stereocenters. The van der Waals surface area contributed by atoms with Crippen LogP contribution in [0.25, 0.3) is 0 Å². The zero-order chi connectivity index (χ0) is 17.9. The minimum Gasteiger partial charge on any atom is -0.342 e. The molecule has 0 saturated carbocycles. The third-order valence-electron chi connectivity index (χ3n) is 5.16. The minimum absolute atomic E-state index is 0.0763. The summed E-state index contributed by atoms with van der Waals surface area (Å²) in [4.78, 5) is 29.1. The molecule has 136 valence electrons. The quantitative estimate of drug-likeness (QED) is 0.791. The molecule has 0 aromatic heterocycles. The van der Waals surface area contributed by atoms with E-state index >= 15 is 0 Å². The molecule has 2 saturated heterocycles. The van der Waals surface area contributed by atoms with Gasteiger partial charge in [0.05, 0.1) is 4.87 Å². The Morgan fingerprint density at radius 1 is 1.16 bits per heavy atom. The van der Waals surface area contributed by atoms with E-state index in [0.29, 0.717) is 17.0 Å². The van der Waals surface area contributed by atoms with E-state index in [-0.39, 0.29) is 16.7 Å². The van der Waals surface area contributed by atoms with Crippen molar-refractivity contribution < 1.29 is 9.59 Å². The molecule has 0 bridgehead atoms. The van der Waals surface area contributed by atoms with E-state index in [1.807, 2.05) is 21.6 Å². The normalized spacial score (nSPS) is 19.4. The highest BCUT2D eigenvalue weighted by Gasteiger charge is 2.46. The number of unbranched alkanes of at least 4 members (excludes halogenated alkanes) is 1. The number of thioether (sulfide) groups is 1. The van der Waals surface area contributed by atoms with E-state index in [4.69, 9.17) is 11.6 Å². The van der Waals surface area contributed by atoms with Crippen molar-refractivity contribution >= 4 is 35.2 Å². The second kappa shape index (κ2) is 8.00. The molecule has 2 heterocycles. The lowest BCUT2D eigenvalue weighted by atomic mass is 10.0. The van der Waals surface area contributed by atoms with Crippen LogP contribution < -0.4 is 0 Å². The number of carbonyl (C=O) groups excluding carboxylic acids is 2. The second-order valence-corrected chi connectivity index (χ2v) is 8.64. The lowest BCUT2D eigenvalue weighted by Gasteiger charge is -2.44. The fourth-order valence-electron chi connectivity index (χ4n) is 3.65. The molecular formula is C19H25ClN2O2S. The first-order valence-corrected chi connectivity index (χ1v) is 10.4. The number of benzene rings is 1. The van der Waals surface area contributed by atoms with Gasteiger partial charge in [-0.25, -0.2) is 0 Å². The summed E-state index contributed by atoms with van der Waals surface area (Å²) < 4.78 is 0. The van der Waals surface area contributed by atoms with Gasteiger partial charge in [0.25, 0.3) is 5.91 Å². The van der Waals surface area contributed by atoms with E-state index in [0.717, 1.165) is 51.1 Å². The summed E-state index contributed by atoms with van der Waals surface area (Å²) in [5.41, 5.74) is 0.688. The van der Waals surface area contributed by atoms with Crippen molar-refractivity contribution in [2.45, 2.75) is 43.9 Å². The lowest BCUT2D eigenvalue weighted by Crippen LogP contribution is -2.53. The van der Waals surface area contributed by atoms with Crippen LogP contribution in [0.15, 0.2) is 24.3 Å². The molecule has 2 aliphatic rings. The molecule has 1 spiro atoms. The number of amides is 2. The van der Waals surface area contributed by atoms with E-state index in [2.05, 4.69) is 6.92 Å². The number of hydrogen-bond donors (Lipinski definition) is 0. The van der Waals surface area contributed by atoms with Crippen LogP contribution in [0.4, 0.5) is 0 Å². The van der Waals surface area contributed by atoms with Crippen LogP contribution >= 0.6 is 23.4 Å². The monoisotopic (exact) mass is 380 g/mol. The Hall–Kier alpha value is -1.20. The van der Waals surface area contributed by atoms with E-state index in [9.17, 15) is 9.59 Å². The first-order valence-electron chi connectivity index (χ1n) is 9.05. The van der Waals surface area contributed by atoms with Gasteiger partial charge in [-0.1, -0.05) is 24.9 Å². The predicted molar refractivity (Wildman–Crippen MR) is 103 cm³/mol. The van der Waals surface area contributed by atoms with Gasteiger partial charge in [0.1, 0.15) is 0 Å². The summed E-state index contributed by atoms with van der Waals surface area (Å²) in [6, 6.07) is 7.12. The first-order chi connectivity index (χ1) is 12.1. The molecule has 4 nitrogen and oxygen atoms in total. The van der Waals surface area contributed by atoms with Gasteiger partial charge in [0, 0.05) is 42.4 Å². The summed E-state index contributed by atoms with van der Waals surface area (Å²) in [5, 5.41) is 0.640. The van der Waals surface area contributed by atoms with Crippen LogP contribution in [0.5, 0.6) is 0 Å². The SMILES string of the molecule is CCCCC(=O)N1CCC2(CC1)SCCN2C(=O)c1ccc(Cl)cc1. The fourth-order valence-corrected chi connectivity index (χ4v) is 5.23. The molecule has 1 aromatic carbocycles. The van der Waals surface area contributed by atoms with E-state index in [1.54, 1.807) is 24.3 Å². The number of piperidine rings is 1. The highest BCUT2D eigenvalue weighted by molar-refractivity contribution is 8.00. The number of likely N-dealkylation sites (tertiary alicyclic amines) is 1. The Balaban J connectivity index is 1.66. The standard InChI is InChI=1S/C19H25ClN2O2S/c1-2-3-4-17(23)21-11-9-19(10-12-21)22(13-14-25-19)18(24)15-5-7-16(20)8-6-15/h5-8H,2-4,9-14H2,1H3. The van der Waals surface area contributed by atoms with Gasteiger partial charge < -0.3 is 9.80 Å². The van der Waals surface area contributed by atoms with Crippen molar-refractivity contribution in [1.82, 2.24) is 9.80 Å². The molecule has 2 aliphatic heterocycles. The Bertz CT molecular complexity index is 627. The van der Waals surface area contributed by atoms with Crippen LogP contribution in [0.3, 0.4) is 0 Å². The van der Waals surface area contributed by atoms with Crippen molar-refractivity contribution in [2.75, 3.05) is 25.4 Å². The fraction of sp³-hybridized carbons (Fsp3) is 0.579. The predicted octanol–water partition coefficient (Wildman–Crippen LogP) is 4.04. The summed E-state index contributed by atoms with van der Waals surface area (Å²) in [6.07, 6.45) is 4.35. The average molecular weight is 381 g/mol. The lowest BCUT2D eigenvalue weighted by molar-refractivity contribution is -0.132. The maximum atomic E-state index is 13.0. The zero-order valence-corrected chi connectivity index (χ0v) is 16.2. The molecule has 0 aliphatic carbocycles. The topological polar surface area (TPSA) is 40.6 Å². The summed E-state index contributed by atoms with van der Waals surface area (Å²) in [5.74, 6) is 1.30. The maximum absolute atomic E-state index is 13.0. The first kappa shape index (κ1) is 18.6. The number of carbonyl (C=O) groups is 2. The molecule has 1 aromatic rings. The number of rotatable bonds is 4. The van der Waals surface area contributed by atoms with Crippen LogP contribution in [-0.4, -0.2) is 51.9 Å². The van der Waals surface area contributed by atoms with E-state index in [1.165, 1.54) is 0 Å². The van der Waals surface area contributed by atoms with Gasteiger partial charge in [-0.15, -0.1) is 11.8 Å². The van der Waals surface area contributed by atoms with Crippen LogP contribution in [0.1, 0.15) is 49.4 Å². The van der Waals surface area contributed by atoms with Crippen molar-refractivity contribution in [1.29, 1.82) is 0 Å². The van der Waals surface area contributed by atoms with Crippen LogP contribution in [-0.2, 0) is 4.79 Å². The maximum Gasteiger partial charge on any atom is 0.254 e. The van der Waals surface area contributed by atoms with Crippen LogP contribution in [0.2, 0.25) is 5.02 Å². The molecule has 0 N–H and O–H groups in total. The molecule has 2 amide bonds. The Morgan fingerprint density at radius 2 is 1.84 bits per heavy atom. The summed E-state index contributed by atoms with van der Waals surface area (Å²) in [7, 11) is 0. The highest BCUT2D eigenvalue weighted by atomic mass is 35.5. The van der Waals surface area contributed by atoms with Gasteiger partial charge in [-0.2, -0.15) is 0 Å². The Labute approximate surface area is 158 Å². The molecule has 0 atom stereocenters. The smallest absolute Gasteiger partial charge is 0.254 e. The highest BCUT2D eigenvalue weighted by Crippen LogP contribution is 2.44. The zero-order valence-electron chi connectivity index (χ0n) is 14.7. The molecular weight excluding hydrogens is 356 g/mol. The van der Waals surface area contributed by atoms with Gasteiger partial charge in [-0.05, 0) is 43.5 Å². The number of nitrogens with zero attached hydrogens (tertiary/aromatic N) is 2. The van der Waals surface area contributed by atoms with Gasteiger partial charge in [0.2, 0.25) is 5.91 Å².